The number of amides is 1. The van der Waals surface area contributed by atoms with Gasteiger partial charge in [0.15, 0.2) is 0 Å². The number of hydrogen-bond donors (Lipinski definition) is 1. The maximum absolute atomic E-state index is 12.7. The van der Waals surface area contributed by atoms with Crippen molar-refractivity contribution in [2.24, 2.45) is 5.92 Å². The fourth-order valence-electron chi connectivity index (χ4n) is 2.90. The van der Waals surface area contributed by atoms with E-state index in [9.17, 15) is 18.0 Å². The molecular weight excluding hydrogens is 305 g/mol. The molecule has 128 valence electrons. The maximum atomic E-state index is 12.7. The Balaban J connectivity index is 1.85. The highest BCUT2D eigenvalue weighted by Crippen LogP contribution is 2.29. The van der Waals surface area contributed by atoms with Gasteiger partial charge in [0.25, 0.3) is 0 Å². The third-order valence-electron chi connectivity index (χ3n) is 4.32. The second-order valence-corrected chi connectivity index (χ2v) is 6.18. The summed E-state index contributed by atoms with van der Waals surface area (Å²) >= 11 is 0. The molecule has 1 aliphatic rings. The van der Waals surface area contributed by atoms with Crippen molar-refractivity contribution in [3.8, 4) is 0 Å². The van der Waals surface area contributed by atoms with Gasteiger partial charge >= 0.3 is 6.18 Å². The highest BCUT2D eigenvalue weighted by Gasteiger charge is 2.30. The molecular formula is C17H23F3N2O. The largest absolute Gasteiger partial charge is 0.416 e. The molecule has 0 bridgehead atoms. The SMILES string of the molecule is CN(Cc1cccc(C(F)(F)F)c1)C(=O)CCC1CCNCC1. The van der Waals surface area contributed by atoms with E-state index in [-0.39, 0.29) is 12.5 Å². The average Bonchev–Trinajstić information content (AvgIpc) is 2.53. The van der Waals surface area contributed by atoms with Gasteiger partial charge in [-0.15, -0.1) is 0 Å². The zero-order chi connectivity index (χ0) is 16.9. The highest BCUT2D eigenvalue weighted by atomic mass is 19.4. The molecule has 0 spiro atoms. The van der Waals surface area contributed by atoms with Gasteiger partial charge in [0.1, 0.15) is 0 Å². The van der Waals surface area contributed by atoms with Crippen LogP contribution in [0.5, 0.6) is 0 Å². The highest BCUT2D eigenvalue weighted by molar-refractivity contribution is 5.75. The summed E-state index contributed by atoms with van der Waals surface area (Å²) in [4.78, 5) is 13.7. The summed E-state index contributed by atoms with van der Waals surface area (Å²) in [6.45, 7) is 2.20. The molecule has 1 aromatic rings. The van der Waals surface area contributed by atoms with Crippen LogP contribution in [0.4, 0.5) is 13.2 Å². The van der Waals surface area contributed by atoms with Crippen LogP contribution in [0.2, 0.25) is 0 Å². The van der Waals surface area contributed by atoms with Crippen LogP contribution >= 0.6 is 0 Å². The molecule has 3 nitrogen and oxygen atoms in total. The van der Waals surface area contributed by atoms with Crippen molar-refractivity contribution in [2.75, 3.05) is 20.1 Å². The van der Waals surface area contributed by atoms with Crippen molar-refractivity contribution in [2.45, 2.75) is 38.4 Å². The molecule has 1 N–H and O–H groups in total. The average molecular weight is 328 g/mol. The molecule has 23 heavy (non-hydrogen) atoms. The van der Waals surface area contributed by atoms with E-state index in [2.05, 4.69) is 5.32 Å². The molecule has 0 atom stereocenters. The van der Waals surface area contributed by atoms with E-state index in [0.717, 1.165) is 44.5 Å². The number of carbonyl (C=O) groups excluding carboxylic acids is 1. The number of rotatable bonds is 5. The van der Waals surface area contributed by atoms with E-state index in [1.807, 2.05) is 0 Å². The summed E-state index contributed by atoms with van der Waals surface area (Å²) in [6.07, 6.45) is -0.865. The number of benzene rings is 1. The first-order chi connectivity index (χ1) is 10.9. The van der Waals surface area contributed by atoms with Gasteiger partial charge in [0.05, 0.1) is 5.56 Å². The van der Waals surface area contributed by atoms with Crippen LogP contribution in [0.3, 0.4) is 0 Å². The smallest absolute Gasteiger partial charge is 0.341 e. The Labute approximate surface area is 134 Å². The number of carbonyl (C=O) groups is 1. The zero-order valence-electron chi connectivity index (χ0n) is 13.3. The first-order valence-corrected chi connectivity index (χ1v) is 7.97. The summed E-state index contributed by atoms with van der Waals surface area (Å²) in [5, 5.41) is 3.29. The van der Waals surface area contributed by atoms with Gasteiger partial charge in [0.2, 0.25) is 5.91 Å². The molecule has 0 radical (unpaired) electrons. The van der Waals surface area contributed by atoms with Crippen molar-refractivity contribution in [3.05, 3.63) is 35.4 Å². The Morgan fingerprint density at radius 3 is 2.65 bits per heavy atom. The first-order valence-electron chi connectivity index (χ1n) is 7.97. The number of nitrogens with zero attached hydrogens (tertiary/aromatic N) is 1. The Morgan fingerprint density at radius 2 is 2.00 bits per heavy atom. The molecule has 0 unspecified atom stereocenters. The Bertz CT molecular complexity index is 525. The fourth-order valence-corrected chi connectivity index (χ4v) is 2.90. The van der Waals surface area contributed by atoms with Crippen LogP contribution < -0.4 is 5.32 Å². The van der Waals surface area contributed by atoms with Crippen LogP contribution in [0, 0.1) is 5.92 Å². The predicted octanol–water partition coefficient (Wildman–Crippen LogP) is 3.44. The normalized spacial score (nSPS) is 16.3. The minimum Gasteiger partial charge on any atom is -0.341 e. The van der Waals surface area contributed by atoms with Crippen LogP contribution in [0.25, 0.3) is 0 Å². The Morgan fingerprint density at radius 1 is 1.30 bits per heavy atom. The first kappa shape index (κ1) is 17.8. The lowest BCUT2D eigenvalue weighted by atomic mass is 9.93. The number of hydrogen-bond acceptors (Lipinski definition) is 2. The van der Waals surface area contributed by atoms with Crippen LogP contribution in [0.1, 0.15) is 36.8 Å². The third-order valence-corrected chi connectivity index (χ3v) is 4.32. The van der Waals surface area contributed by atoms with Crippen molar-refractivity contribution in [1.29, 1.82) is 0 Å². The van der Waals surface area contributed by atoms with Crippen LogP contribution in [0.15, 0.2) is 24.3 Å². The number of piperidine rings is 1. The Kier molecular flexibility index (Phi) is 6.04. The quantitative estimate of drug-likeness (QED) is 0.898. The standard InChI is InChI=1S/C17H23F3N2O/c1-22(16(23)6-5-13-7-9-21-10-8-13)12-14-3-2-4-15(11-14)17(18,19)20/h2-4,11,13,21H,5-10,12H2,1H3. The predicted molar refractivity (Wildman–Crippen MR) is 82.7 cm³/mol. The van der Waals surface area contributed by atoms with Crippen LogP contribution in [-0.4, -0.2) is 30.9 Å². The summed E-state index contributed by atoms with van der Waals surface area (Å²) in [5.41, 5.74) is -0.178. The number of halogens is 3. The molecule has 1 saturated heterocycles. The van der Waals surface area contributed by atoms with Gasteiger partial charge in [0, 0.05) is 20.0 Å². The van der Waals surface area contributed by atoms with E-state index in [0.29, 0.717) is 17.9 Å². The van der Waals surface area contributed by atoms with Gasteiger partial charge in [-0.2, -0.15) is 13.2 Å². The molecule has 0 aliphatic carbocycles. The van der Waals surface area contributed by atoms with E-state index in [1.165, 1.54) is 11.0 Å². The molecule has 0 saturated carbocycles. The summed E-state index contributed by atoms with van der Waals surface area (Å²) in [6, 6.07) is 5.15. The van der Waals surface area contributed by atoms with E-state index < -0.39 is 11.7 Å². The van der Waals surface area contributed by atoms with Gasteiger partial charge in [-0.05, 0) is 56.0 Å². The summed E-state index contributed by atoms with van der Waals surface area (Å²) in [7, 11) is 1.64. The van der Waals surface area contributed by atoms with Crippen molar-refractivity contribution in [1.82, 2.24) is 10.2 Å². The van der Waals surface area contributed by atoms with Crippen molar-refractivity contribution < 1.29 is 18.0 Å². The fraction of sp³-hybridized carbons (Fsp3) is 0.588. The minimum atomic E-state index is -4.35. The van der Waals surface area contributed by atoms with E-state index in [1.54, 1.807) is 13.1 Å². The lowest BCUT2D eigenvalue weighted by Crippen LogP contribution is -2.30. The topological polar surface area (TPSA) is 32.3 Å². The molecule has 2 rings (SSSR count). The third kappa shape index (κ3) is 5.53. The lowest BCUT2D eigenvalue weighted by Gasteiger charge is -2.24. The molecule has 1 aromatic carbocycles. The van der Waals surface area contributed by atoms with Crippen molar-refractivity contribution in [3.63, 3.8) is 0 Å². The molecule has 1 aliphatic heterocycles. The zero-order valence-corrected chi connectivity index (χ0v) is 13.3. The monoisotopic (exact) mass is 328 g/mol. The van der Waals surface area contributed by atoms with Gasteiger partial charge < -0.3 is 10.2 Å². The molecule has 1 amide bonds. The molecule has 1 fully saturated rings. The molecule has 1 heterocycles. The number of nitrogens with one attached hydrogen (secondary N) is 1. The summed E-state index contributed by atoms with van der Waals surface area (Å²) < 4.78 is 38.1. The lowest BCUT2D eigenvalue weighted by molar-refractivity contribution is -0.137. The second-order valence-electron chi connectivity index (χ2n) is 6.18. The Hall–Kier alpha value is -1.56. The van der Waals surface area contributed by atoms with E-state index in [4.69, 9.17) is 0 Å². The maximum Gasteiger partial charge on any atom is 0.416 e. The number of alkyl halides is 3. The molecule has 6 heteroatoms. The molecule has 0 aromatic heterocycles. The van der Waals surface area contributed by atoms with Gasteiger partial charge in [-0.1, -0.05) is 12.1 Å². The van der Waals surface area contributed by atoms with Crippen molar-refractivity contribution >= 4 is 5.91 Å². The van der Waals surface area contributed by atoms with Gasteiger partial charge in [-0.3, -0.25) is 4.79 Å². The van der Waals surface area contributed by atoms with E-state index >= 15 is 0 Å². The van der Waals surface area contributed by atoms with Crippen LogP contribution in [-0.2, 0) is 17.5 Å². The summed E-state index contributed by atoms with van der Waals surface area (Å²) in [5.74, 6) is 0.558. The minimum absolute atomic E-state index is 0.0130. The van der Waals surface area contributed by atoms with Gasteiger partial charge in [-0.25, -0.2) is 0 Å². The second kappa shape index (κ2) is 7.81.